The van der Waals surface area contributed by atoms with Crippen LogP contribution in [0.4, 0.5) is 5.69 Å². The number of amides is 1. The van der Waals surface area contributed by atoms with Gasteiger partial charge in [-0.2, -0.15) is 0 Å². The van der Waals surface area contributed by atoms with E-state index in [0.717, 1.165) is 63.0 Å². The van der Waals surface area contributed by atoms with Gasteiger partial charge in [0.1, 0.15) is 0 Å². The fourth-order valence-corrected chi connectivity index (χ4v) is 4.03. The van der Waals surface area contributed by atoms with Gasteiger partial charge in [-0.3, -0.25) is 14.7 Å². The number of benzene rings is 1. The van der Waals surface area contributed by atoms with Crippen molar-refractivity contribution in [3.05, 3.63) is 29.8 Å². The van der Waals surface area contributed by atoms with Crippen LogP contribution in [0, 0.1) is 5.92 Å². The number of hydrogen-bond acceptors (Lipinski definition) is 4. The predicted molar refractivity (Wildman–Crippen MR) is 117 cm³/mol. The van der Waals surface area contributed by atoms with Crippen LogP contribution < -0.4 is 10.6 Å². The molecule has 2 aliphatic heterocycles. The Morgan fingerprint density at radius 3 is 2.79 bits per heavy atom. The molecule has 29 heavy (non-hydrogen) atoms. The van der Waals surface area contributed by atoms with Crippen LogP contribution in [0.3, 0.4) is 0 Å². The van der Waals surface area contributed by atoms with Crippen molar-refractivity contribution >= 4 is 17.6 Å². The summed E-state index contributed by atoms with van der Waals surface area (Å²) in [7, 11) is 1.84. The van der Waals surface area contributed by atoms with E-state index in [4.69, 9.17) is 4.74 Å². The number of guanidine groups is 1. The Hall–Kier alpha value is -2.12. The van der Waals surface area contributed by atoms with Crippen molar-refractivity contribution < 1.29 is 9.53 Å². The largest absolute Gasteiger partial charge is 0.379 e. The van der Waals surface area contributed by atoms with Gasteiger partial charge in [0.2, 0.25) is 5.91 Å². The molecule has 2 saturated heterocycles. The van der Waals surface area contributed by atoms with Gasteiger partial charge >= 0.3 is 0 Å². The summed E-state index contributed by atoms with van der Waals surface area (Å²) >= 11 is 0. The Kier molecular flexibility index (Phi) is 7.89. The Morgan fingerprint density at radius 2 is 2.07 bits per heavy atom. The van der Waals surface area contributed by atoms with Crippen molar-refractivity contribution in [3.63, 3.8) is 0 Å². The number of anilines is 1. The molecule has 0 aromatic heterocycles. The normalized spacial score (nSPS) is 20.9. The van der Waals surface area contributed by atoms with Gasteiger partial charge in [-0.1, -0.05) is 26.0 Å². The molecule has 0 spiro atoms. The zero-order valence-corrected chi connectivity index (χ0v) is 18.0. The molecule has 3 rings (SSSR count). The van der Waals surface area contributed by atoms with E-state index in [-0.39, 0.29) is 5.91 Å². The van der Waals surface area contributed by atoms with E-state index in [9.17, 15) is 4.79 Å². The maximum Gasteiger partial charge on any atom is 0.224 e. The topological polar surface area (TPSA) is 69.2 Å². The number of likely N-dealkylation sites (tertiary alicyclic amines) is 1. The zero-order valence-electron chi connectivity index (χ0n) is 18.0. The lowest BCUT2D eigenvalue weighted by Gasteiger charge is -2.32. The fraction of sp³-hybridized carbons (Fsp3) is 0.636. The molecule has 2 N–H and O–H groups in total. The number of ether oxygens (including phenoxy) is 1. The first-order valence-corrected chi connectivity index (χ1v) is 10.7. The highest BCUT2D eigenvalue weighted by molar-refractivity contribution is 5.90. The molecule has 0 aliphatic carbocycles. The van der Waals surface area contributed by atoms with Crippen molar-refractivity contribution in [1.82, 2.24) is 15.1 Å². The Morgan fingerprint density at radius 1 is 1.28 bits per heavy atom. The first-order chi connectivity index (χ1) is 14.0. The quantitative estimate of drug-likeness (QED) is 0.565. The number of carbonyl (C=O) groups excluding carboxylic acids is 1. The summed E-state index contributed by atoms with van der Waals surface area (Å²) in [4.78, 5) is 21.4. The Labute approximate surface area is 174 Å². The lowest BCUT2D eigenvalue weighted by Crippen LogP contribution is -2.46. The molecule has 1 amide bonds. The van der Waals surface area contributed by atoms with E-state index >= 15 is 0 Å². The highest BCUT2D eigenvalue weighted by Crippen LogP contribution is 2.17. The van der Waals surface area contributed by atoms with Gasteiger partial charge < -0.3 is 20.3 Å². The van der Waals surface area contributed by atoms with Crippen molar-refractivity contribution in [2.75, 3.05) is 51.8 Å². The number of aliphatic imine (C=N–C) groups is 1. The first kappa shape index (κ1) is 21.6. The molecule has 0 bridgehead atoms. The van der Waals surface area contributed by atoms with E-state index in [1.54, 1.807) is 0 Å². The summed E-state index contributed by atoms with van der Waals surface area (Å²) in [6.07, 6.45) is 1.70. The molecule has 2 aliphatic rings. The average molecular weight is 402 g/mol. The van der Waals surface area contributed by atoms with Gasteiger partial charge in [0, 0.05) is 57.9 Å². The highest BCUT2D eigenvalue weighted by atomic mass is 16.5. The third kappa shape index (κ3) is 6.44. The second-order valence-corrected chi connectivity index (χ2v) is 8.28. The Bertz CT molecular complexity index is 700. The third-order valence-corrected chi connectivity index (χ3v) is 5.49. The fourth-order valence-electron chi connectivity index (χ4n) is 4.03. The van der Waals surface area contributed by atoms with E-state index in [0.29, 0.717) is 24.9 Å². The maximum absolute atomic E-state index is 12.0. The molecule has 2 heterocycles. The monoisotopic (exact) mass is 401 g/mol. The van der Waals surface area contributed by atoms with Crippen LogP contribution in [0.25, 0.3) is 0 Å². The van der Waals surface area contributed by atoms with Crippen LogP contribution in [0.1, 0.15) is 32.3 Å². The number of nitrogens with one attached hydrogen (secondary N) is 2. The molecule has 2 fully saturated rings. The zero-order chi connectivity index (χ0) is 20.6. The number of morpholine rings is 1. The van der Waals surface area contributed by atoms with Crippen LogP contribution in [0.2, 0.25) is 0 Å². The number of carbonyl (C=O) groups is 1. The standard InChI is InChI=1S/C22H35N5O2/c1-17(2)13-21(28)25-19-6-4-5-18(14-19)15-24-22(23-3)27-8-7-20(16-27)26-9-11-29-12-10-26/h4-6,14,17,20H,7-13,15-16H2,1-3H3,(H,23,24)(H,25,28). The number of hydrogen-bond donors (Lipinski definition) is 2. The summed E-state index contributed by atoms with van der Waals surface area (Å²) in [5.74, 6) is 1.35. The van der Waals surface area contributed by atoms with Crippen molar-refractivity contribution in [1.29, 1.82) is 0 Å². The smallest absolute Gasteiger partial charge is 0.224 e. The van der Waals surface area contributed by atoms with Gasteiger partial charge in [0.15, 0.2) is 5.96 Å². The van der Waals surface area contributed by atoms with Crippen LogP contribution in [0.5, 0.6) is 0 Å². The minimum Gasteiger partial charge on any atom is -0.379 e. The lowest BCUT2D eigenvalue weighted by molar-refractivity contribution is -0.116. The van der Waals surface area contributed by atoms with Crippen LogP contribution in [-0.2, 0) is 16.1 Å². The second-order valence-electron chi connectivity index (χ2n) is 8.28. The summed E-state index contributed by atoms with van der Waals surface area (Å²) < 4.78 is 5.48. The summed E-state index contributed by atoms with van der Waals surface area (Å²) in [5, 5.41) is 6.47. The van der Waals surface area contributed by atoms with Crippen LogP contribution in [-0.4, -0.2) is 74.1 Å². The van der Waals surface area contributed by atoms with Gasteiger partial charge in [0.05, 0.1) is 13.2 Å². The molecular weight excluding hydrogens is 366 g/mol. The van der Waals surface area contributed by atoms with Crippen molar-refractivity contribution in [3.8, 4) is 0 Å². The van der Waals surface area contributed by atoms with Crippen molar-refractivity contribution in [2.45, 2.75) is 39.3 Å². The summed E-state index contributed by atoms with van der Waals surface area (Å²) in [6.45, 7) is 10.5. The van der Waals surface area contributed by atoms with Gasteiger partial charge in [0.25, 0.3) is 0 Å². The van der Waals surface area contributed by atoms with Crippen LogP contribution >= 0.6 is 0 Å². The maximum atomic E-state index is 12.0. The van der Waals surface area contributed by atoms with E-state index in [1.807, 2.05) is 39.1 Å². The number of nitrogens with zero attached hydrogens (tertiary/aromatic N) is 3. The summed E-state index contributed by atoms with van der Waals surface area (Å²) in [6, 6.07) is 8.59. The molecule has 1 aromatic carbocycles. The summed E-state index contributed by atoms with van der Waals surface area (Å²) in [5.41, 5.74) is 1.97. The van der Waals surface area contributed by atoms with Gasteiger partial charge in [-0.25, -0.2) is 0 Å². The predicted octanol–water partition coefficient (Wildman–Crippen LogP) is 2.15. The minimum atomic E-state index is 0.0622. The minimum absolute atomic E-state index is 0.0622. The third-order valence-electron chi connectivity index (χ3n) is 5.49. The highest BCUT2D eigenvalue weighted by Gasteiger charge is 2.30. The second kappa shape index (κ2) is 10.6. The first-order valence-electron chi connectivity index (χ1n) is 10.7. The molecule has 1 unspecified atom stereocenters. The molecule has 1 aromatic rings. The lowest BCUT2D eigenvalue weighted by atomic mass is 10.1. The van der Waals surface area contributed by atoms with Crippen molar-refractivity contribution in [2.24, 2.45) is 10.9 Å². The molecule has 0 saturated carbocycles. The van der Waals surface area contributed by atoms with E-state index in [2.05, 4.69) is 31.5 Å². The van der Waals surface area contributed by atoms with E-state index in [1.165, 1.54) is 0 Å². The molecule has 160 valence electrons. The molecular formula is C22H35N5O2. The molecule has 1 atom stereocenters. The molecule has 0 radical (unpaired) electrons. The SMILES string of the molecule is CN=C(NCc1cccc(NC(=O)CC(C)C)c1)N1CCC(N2CCOCC2)C1. The van der Waals surface area contributed by atoms with Gasteiger partial charge in [-0.15, -0.1) is 0 Å². The molecule has 7 nitrogen and oxygen atoms in total. The average Bonchev–Trinajstić information content (AvgIpc) is 3.19. The number of rotatable bonds is 6. The van der Waals surface area contributed by atoms with Gasteiger partial charge in [-0.05, 0) is 30.0 Å². The molecule has 7 heteroatoms. The van der Waals surface area contributed by atoms with E-state index < -0.39 is 0 Å². The Balaban J connectivity index is 1.50. The van der Waals surface area contributed by atoms with Crippen LogP contribution in [0.15, 0.2) is 29.3 Å².